The first-order chi connectivity index (χ1) is 4.88. The molecular formula is C8H5BS. The zero-order chi connectivity index (χ0) is 6.97. The van der Waals surface area contributed by atoms with Gasteiger partial charge in [0.1, 0.15) is 7.85 Å². The van der Waals surface area contributed by atoms with Crippen LogP contribution in [0, 0.1) is 0 Å². The molecule has 0 unspecified atom stereocenters. The van der Waals surface area contributed by atoms with Crippen LogP contribution in [0.5, 0.6) is 0 Å². The van der Waals surface area contributed by atoms with E-state index in [4.69, 9.17) is 7.85 Å². The van der Waals surface area contributed by atoms with Crippen molar-refractivity contribution in [1.29, 1.82) is 0 Å². The summed E-state index contributed by atoms with van der Waals surface area (Å²) in [4.78, 5) is 0. The molecule has 0 amide bonds. The lowest BCUT2D eigenvalue weighted by atomic mass is 10.0. The molecular weight excluding hydrogens is 139 g/mol. The van der Waals surface area contributed by atoms with Crippen molar-refractivity contribution in [3.8, 4) is 0 Å². The van der Waals surface area contributed by atoms with Gasteiger partial charge in [-0.05, 0) is 20.9 Å². The molecule has 2 aromatic rings. The van der Waals surface area contributed by atoms with E-state index >= 15 is 0 Å². The summed E-state index contributed by atoms with van der Waals surface area (Å²) in [5, 5.41) is 4.49. The van der Waals surface area contributed by atoms with E-state index in [9.17, 15) is 0 Å². The average molecular weight is 144 g/mol. The number of thiophene rings is 1. The highest BCUT2D eigenvalue weighted by Gasteiger charge is 1.94. The van der Waals surface area contributed by atoms with Crippen LogP contribution in [-0.2, 0) is 0 Å². The first-order valence-electron chi connectivity index (χ1n) is 3.09. The Morgan fingerprint density at radius 1 is 1.20 bits per heavy atom. The fraction of sp³-hybridized carbons (Fsp3) is 0. The van der Waals surface area contributed by atoms with E-state index in [0.29, 0.717) is 0 Å². The summed E-state index contributed by atoms with van der Waals surface area (Å²) in [5.41, 5.74) is 0. The summed E-state index contributed by atoms with van der Waals surface area (Å²) in [7, 11) is 5.69. The van der Waals surface area contributed by atoms with Crippen LogP contribution in [0.2, 0.25) is 0 Å². The molecule has 0 nitrogen and oxygen atoms in total. The van der Waals surface area contributed by atoms with Crippen molar-refractivity contribution in [2.24, 2.45) is 0 Å². The molecule has 0 saturated heterocycles. The molecule has 1 heterocycles. The minimum Gasteiger partial charge on any atom is -0.159 e. The molecule has 0 aliphatic heterocycles. The van der Waals surface area contributed by atoms with Gasteiger partial charge < -0.3 is 0 Å². The van der Waals surface area contributed by atoms with Crippen LogP contribution in [0.3, 0.4) is 0 Å². The molecule has 1 aromatic carbocycles. The number of hydrogen-bond acceptors (Lipinski definition) is 1. The Morgan fingerprint density at radius 3 is 2.80 bits per heavy atom. The maximum absolute atomic E-state index is 5.69. The first kappa shape index (κ1) is 5.99. The van der Waals surface area contributed by atoms with Crippen LogP contribution in [0.25, 0.3) is 10.8 Å². The number of benzene rings is 1. The maximum Gasteiger partial charge on any atom is 0.129 e. The Bertz CT molecular complexity index is 351. The fourth-order valence-electron chi connectivity index (χ4n) is 1.01. The average Bonchev–Trinajstić information content (AvgIpc) is 2.34. The smallest absolute Gasteiger partial charge is 0.129 e. The Balaban J connectivity index is 2.93. The van der Waals surface area contributed by atoms with Crippen LogP contribution in [-0.4, -0.2) is 7.85 Å². The van der Waals surface area contributed by atoms with E-state index in [1.807, 2.05) is 18.2 Å². The van der Waals surface area contributed by atoms with E-state index in [2.05, 4.69) is 11.4 Å². The Morgan fingerprint density at radius 2 is 2.00 bits per heavy atom. The highest BCUT2D eigenvalue weighted by molar-refractivity contribution is 7.20. The van der Waals surface area contributed by atoms with Gasteiger partial charge in [0.05, 0.1) is 0 Å². The minimum absolute atomic E-state index is 0.913. The third-order valence-corrected chi connectivity index (χ3v) is 2.38. The zero-order valence-corrected chi connectivity index (χ0v) is 6.19. The summed E-state index contributed by atoms with van der Waals surface area (Å²) in [6, 6.07) is 8.14. The molecule has 0 aliphatic carbocycles. The Hall–Kier alpha value is -0.755. The van der Waals surface area contributed by atoms with Gasteiger partial charge in [0.2, 0.25) is 0 Å². The molecule has 0 saturated carbocycles. The van der Waals surface area contributed by atoms with Crippen LogP contribution < -0.4 is 4.78 Å². The van der Waals surface area contributed by atoms with Crippen LogP contribution in [0.4, 0.5) is 0 Å². The molecule has 2 heteroatoms. The number of rotatable bonds is 0. The monoisotopic (exact) mass is 144 g/mol. The van der Waals surface area contributed by atoms with Gasteiger partial charge in [0.25, 0.3) is 0 Å². The van der Waals surface area contributed by atoms with Gasteiger partial charge in [0.15, 0.2) is 0 Å². The first-order valence-corrected chi connectivity index (χ1v) is 3.97. The van der Waals surface area contributed by atoms with E-state index in [0.717, 1.165) is 4.78 Å². The second-order valence-corrected chi connectivity index (χ2v) is 3.10. The van der Waals surface area contributed by atoms with Gasteiger partial charge in [-0.3, -0.25) is 0 Å². The number of hydrogen-bond donors (Lipinski definition) is 0. The zero-order valence-electron chi connectivity index (χ0n) is 5.37. The van der Waals surface area contributed by atoms with E-state index < -0.39 is 0 Å². The standard InChI is InChI=1S/C8H5BS/c9-8-7-4-2-1-3-6(7)5-10-8/h1-5H. The predicted molar refractivity (Wildman–Crippen MR) is 47.2 cm³/mol. The Labute approximate surface area is 64.9 Å². The van der Waals surface area contributed by atoms with Crippen LogP contribution >= 0.6 is 11.3 Å². The van der Waals surface area contributed by atoms with Crippen LogP contribution in [0.15, 0.2) is 29.6 Å². The van der Waals surface area contributed by atoms with E-state index in [-0.39, 0.29) is 0 Å². The highest BCUT2D eigenvalue weighted by Crippen LogP contribution is 2.14. The van der Waals surface area contributed by atoms with Crippen molar-refractivity contribution < 1.29 is 0 Å². The normalized spacial score (nSPS) is 10.4. The summed E-state index contributed by atoms with van der Waals surface area (Å²) in [6.07, 6.45) is 0. The van der Waals surface area contributed by atoms with Gasteiger partial charge in [-0.15, -0.1) is 0 Å². The minimum atomic E-state index is 0.913. The summed E-state index contributed by atoms with van der Waals surface area (Å²) in [6.45, 7) is 0. The lowest BCUT2D eigenvalue weighted by Crippen LogP contribution is -1.92. The fourth-order valence-corrected chi connectivity index (χ4v) is 1.79. The van der Waals surface area contributed by atoms with Crippen molar-refractivity contribution in [3.05, 3.63) is 29.6 Å². The molecule has 10 heavy (non-hydrogen) atoms. The molecule has 0 spiro atoms. The summed E-state index contributed by atoms with van der Waals surface area (Å²) >= 11 is 1.60. The highest BCUT2D eigenvalue weighted by atomic mass is 32.1. The molecule has 2 rings (SSSR count). The van der Waals surface area contributed by atoms with Crippen molar-refractivity contribution in [3.63, 3.8) is 0 Å². The number of fused-ring (bicyclic) bond motifs is 1. The van der Waals surface area contributed by atoms with Gasteiger partial charge in [0, 0.05) is 0 Å². The second-order valence-electron chi connectivity index (χ2n) is 2.19. The molecule has 46 valence electrons. The topological polar surface area (TPSA) is 0 Å². The van der Waals surface area contributed by atoms with Crippen LogP contribution in [0.1, 0.15) is 0 Å². The molecule has 0 N–H and O–H groups in total. The lowest BCUT2D eigenvalue weighted by molar-refractivity contribution is 1.85. The summed E-state index contributed by atoms with van der Waals surface area (Å²) in [5.74, 6) is 0. The van der Waals surface area contributed by atoms with E-state index in [1.165, 1.54) is 10.8 Å². The maximum atomic E-state index is 5.69. The second kappa shape index (κ2) is 2.13. The largest absolute Gasteiger partial charge is 0.159 e. The van der Waals surface area contributed by atoms with Crippen molar-refractivity contribution in [1.82, 2.24) is 0 Å². The molecule has 2 radical (unpaired) electrons. The van der Waals surface area contributed by atoms with Gasteiger partial charge in [-0.1, -0.05) is 24.3 Å². The van der Waals surface area contributed by atoms with Crippen molar-refractivity contribution >= 4 is 34.7 Å². The van der Waals surface area contributed by atoms with Gasteiger partial charge in [-0.25, -0.2) is 0 Å². The van der Waals surface area contributed by atoms with Crippen molar-refractivity contribution in [2.45, 2.75) is 0 Å². The summed E-state index contributed by atoms with van der Waals surface area (Å²) < 4.78 is 0.913. The molecule has 0 bridgehead atoms. The van der Waals surface area contributed by atoms with Gasteiger partial charge >= 0.3 is 0 Å². The third-order valence-electron chi connectivity index (χ3n) is 1.54. The third kappa shape index (κ3) is 0.763. The van der Waals surface area contributed by atoms with E-state index in [1.54, 1.807) is 11.3 Å². The molecule has 0 fully saturated rings. The molecule has 1 aromatic heterocycles. The van der Waals surface area contributed by atoms with Crippen molar-refractivity contribution in [2.75, 3.05) is 0 Å². The SMILES string of the molecule is [B]c1scc2ccccc12. The lowest BCUT2D eigenvalue weighted by Gasteiger charge is -1.87. The predicted octanol–water partition coefficient (Wildman–Crippen LogP) is 1.70. The molecule has 0 aliphatic rings. The van der Waals surface area contributed by atoms with Gasteiger partial charge in [-0.2, -0.15) is 11.3 Å². The Kier molecular flexibility index (Phi) is 1.28. The molecule has 0 atom stereocenters. The quantitative estimate of drug-likeness (QED) is 0.493.